The minimum absolute atomic E-state index is 0.145. The van der Waals surface area contributed by atoms with Crippen LogP contribution < -0.4 is 5.56 Å². The van der Waals surface area contributed by atoms with E-state index in [1.165, 1.54) is 17.0 Å². The van der Waals surface area contributed by atoms with E-state index >= 15 is 0 Å². The summed E-state index contributed by atoms with van der Waals surface area (Å²) >= 11 is 0. The van der Waals surface area contributed by atoms with Crippen molar-refractivity contribution >= 4 is 27.7 Å². The molecule has 0 radical (unpaired) electrons. The summed E-state index contributed by atoms with van der Waals surface area (Å²) in [6.07, 6.45) is 0. The third-order valence-electron chi connectivity index (χ3n) is 3.49. The van der Waals surface area contributed by atoms with Gasteiger partial charge in [0, 0.05) is 31.9 Å². The van der Waals surface area contributed by atoms with Crippen LogP contribution in [0.15, 0.2) is 23.0 Å². The zero-order valence-electron chi connectivity index (χ0n) is 11.8. The highest BCUT2D eigenvalue weighted by molar-refractivity contribution is 6.16. The molecular formula is C14H13FN4O2. The predicted molar refractivity (Wildman–Crippen MR) is 76.8 cm³/mol. The Morgan fingerprint density at radius 1 is 1.38 bits per heavy atom. The van der Waals surface area contributed by atoms with Gasteiger partial charge in [-0.25, -0.2) is 9.49 Å². The molecule has 0 atom stereocenters. The number of carbonyl (C=O) groups excluding carboxylic acids is 1. The van der Waals surface area contributed by atoms with Gasteiger partial charge in [0.05, 0.1) is 5.52 Å². The number of amides is 1. The first-order valence-electron chi connectivity index (χ1n) is 6.29. The van der Waals surface area contributed by atoms with Crippen molar-refractivity contribution in [3.63, 3.8) is 0 Å². The number of aromatic amines is 1. The Balaban J connectivity index is 2.56. The fourth-order valence-corrected chi connectivity index (χ4v) is 2.50. The zero-order chi connectivity index (χ0) is 15.3. The van der Waals surface area contributed by atoms with Gasteiger partial charge in [-0.05, 0) is 18.2 Å². The monoisotopic (exact) mass is 288 g/mol. The quantitative estimate of drug-likeness (QED) is 0.732. The summed E-state index contributed by atoms with van der Waals surface area (Å²) in [5, 5.41) is 7.27. The number of carbonyl (C=O) groups is 1. The van der Waals surface area contributed by atoms with E-state index in [2.05, 4.69) is 10.2 Å². The van der Waals surface area contributed by atoms with Crippen molar-refractivity contribution in [3.05, 3.63) is 40.1 Å². The fourth-order valence-electron chi connectivity index (χ4n) is 2.50. The molecule has 2 heterocycles. The molecule has 1 aromatic carbocycles. The fraction of sp³-hybridized carbons (Fsp3) is 0.214. The standard InChI is InChI=1S/C14H13FN4O2/c1-18(2)14(21)11-10-8-5-4-7(15)6-9(8)19(3)12(10)13(20)17-16-11/h4-6H,1-3H3,(H,17,20). The van der Waals surface area contributed by atoms with Gasteiger partial charge >= 0.3 is 0 Å². The maximum Gasteiger partial charge on any atom is 0.288 e. The molecule has 0 aliphatic carbocycles. The molecule has 0 aliphatic rings. The number of H-pyrrole nitrogens is 1. The zero-order valence-corrected chi connectivity index (χ0v) is 11.8. The van der Waals surface area contributed by atoms with Crippen LogP contribution in [0.2, 0.25) is 0 Å². The third-order valence-corrected chi connectivity index (χ3v) is 3.49. The molecule has 6 nitrogen and oxygen atoms in total. The average Bonchev–Trinajstić information content (AvgIpc) is 2.73. The van der Waals surface area contributed by atoms with Crippen molar-refractivity contribution in [2.24, 2.45) is 7.05 Å². The molecule has 0 aliphatic heterocycles. The highest BCUT2D eigenvalue weighted by atomic mass is 19.1. The first-order chi connectivity index (χ1) is 9.91. The maximum absolute atomic E-state index is 13.4. The SMILES string of the molecule is CN(C)C(=O)c1n[nH]c(=O)c2c1c1ccc(F)cc1n2C. The van der Waals surface area contributed by atoms with Gasteiger partial charge in [-0.1, -0.05) is 0 Å². The van der Waals surface area contributed by atoms with E-state index in [0.29, 0.717) is 21.8 Å². The Labute approximate surface area is 118 Å². The molecule has 0 spiro atoms. The van der Waals surface area contributed by atoms with Crippen LogP contribution in [0.1, 0.15) is 10.5 Å². The molecule has 0 bridgehead atoms. The number of rotatable bonds is 1. The molecule has 7 heteroatoms. The molecule has 0 saturated heterocycles. The number of nitrogens with one attached hydrogen (secondary N) is 1. The molecule has 0 saturated carbocycles. The van der Waals surface area contributed by atoms with Crippen LogP contribution in [-0.2, 0) is 7.05 Å². The van der Waals surface area contributed by atoms with E-state index < -0.39 is 11.4 Å². The number of aromatic nitrogens is 3. The Bertz CT molecular complexity index is 939. The summed E-state index contributed by atoms with van der Waals surface area (Å²) in [5.74, 6) is -0.730. The molecule has 0 unspecified atom stereocenters. The third kappa shape index (κ3) is 1.81. The van der Waals surface area contributed by atoms with Crippen LogP contribution >= 0.6 is 0 Å². The Morgan fingerprint density at radius 3 is 2.76 bits per heavy atom. The molecule has 3 aromatic rings. The van der Waals surface area contributed by atoms with Gasteiger partial charge < -0.3 is 9.47 Å². The number of nitrogens with zero attached hydrogens (tertiary/aromatic N) is 3. The lowest BCUT2D eigenvalue weighted by atomic mass is 10.1. The molecule has 0 fully saturated rings. The van der Waals surface area contributed by atoms with Gasteiger partial charge in [-0.2, -0.15) is 5.10 Å². The van der Waals surface area contributed by atoms with Crippen molar-refractivity contribution in [3.8, 4) is 0 Å². The lowest BCUT2D eigenvalue weighted by molar-refractivity contribution is 0.0823. The molecule has 1 amide bonds. The van der Waals surface area contributed by atoms with Crippen LogP contribution in [0.4, 0.5) is 4.39 Å². The van der Waals surface area contributed by atoms with Crippen LogP contribution in [0.5, 0.6) is 0 Å². The molecule has 1 N–H and O–H groups in total. The van der Waals surface area contributed by atoms with Crippen molar-refractivity contribution < 1.29 is 9.18 Å². The highest BCUT2D eigenvalue weighted by Crippen LogP contribution is 2.28. The van der Waals surface area contributed by atoms with Crippen molar-refractivity contribution in [2.45, 2.75) is 0 Å². The average molecular weight is 288 g/mol. The second-order valence-corrected chi connectivity index (χ2v) is 5.05. The van der Waals surface area contributed by atoms with Gasteiger partial charge in [0.2, 0.25) is 0 Å². The number of hydrogen-bond acceptors (Lipinski definition) is 3. The minimum Gasteiger partial charge on any atom is -0.343 e. The van der Waals surface area contributed by atoms with E-state index in [1.807, 2.05) is 0 Å². The van der Waals surface area contributed by atoms with Gasteiger partial charge in [0.25, 0.3) is 11.5 Å². The van der Waals surface area contributed by atoms with E-state index in [9.17, 15) is 14.0 Å². The highest BCUT2D eigenvalue weighted by Gasteiger charge is 2.21. The molecule has 21 heavy (non-hydrogen) atoms. The van der Waals surface area contributed by atoms with Crippen LogP contribution in [0.25, 0.3) is 21.8 Å². The summed E-state index contributed by atoms with van der Waals surface area (Å²) in [6.45, 7) is 0. The summed E-state index contributed by atoms with van der Waals surface area (Å²) in [5.41, 5.74) is 0.568. The topological polar surface area (TPSA) is 71.0 Å². The predicted octanol–water partition coefficient (Wildman–Crippen LogP) is 1.26. The molecular weight excluding hydrogens is 275 g/mol. The largest absolute Gasteiger partial charge is 0.343 e. The summed E-state index contributed by atoms with van der Waals surface area (Å²) < 4.78 is 15.0. The second kappa shape index (κ2) is 4.41. The van der Waals surface area contributed by atoms with Gasteiger partial charge in [0.1, 0.15) is 11.3 Å². The van der Waals surface area contributed by atoms with Crippen molar-refractivity contribution in [1.82, 2.24) is 19.7 Å². The lowest BCUT2D eigenvalue weighted by Crippen LogP contribution is -2.25. The Kier molecular flexibility index (Phi) is 2.79. The molecule has 2 aromatic heterocycles. The second-order valence-electron chi connectivity index (χ2n) is 5.05. The summed E-state index contributed by atoms with van der Waals surface area (Å²) in [4.78, 5) is 25.7. The van der Waals surface area contributed by atoms with Crippen LogP contribution in [0, 0.1) is 5.82 Å². The number of fused-ring (bicyclic) bond motifs is 3. The molecule has 108 valence electrons. The van der Waals surface area contributed by atoms with Crippen LogP contribution in [-0.4, -0.2) is 39.7 Å². The Morgan fingerprint density at radius 2 is 2.10 bits per heavy atom. The van der Waals surface area contributed by atoms with E-state index in [1.54, 1.807) is 31.8 Å². The first-order valence-corrected chi connectivity index (χ1v) is 6.29. The number of benzene rings is 1. The van der Waals surface area contributed by atoms with E-state index in [-0.39, 0.29) is 11.6 Å². The van der Waals surface area contributed by atoms with Gasteiger partial charge in [0.15, 0.2) is 5.69 Å². The smallest absolute Gasteiger partial charge is 0.288 e. The Hall–Kier alpha value is -2.70. The minimum atomic E-state index is -0.417. The van der Waals surface area contributed by atoms with Gasteiger partial charge in [-0.3, -0.25) is 9.59 Å². The van der Waals surface area contributed by atoms with Crippen LogP contribution in [0.3, 0.4) is 0 Å². The number of hydrogen-bond donors (Lipinski definition) is 1. The van der Waals surface area contributed by atoms with Crippen molar-refractivity contribution in [2.75, 3.05) is 14.1 Å². The van der Waals surface area contributed by atoms with Crippen molar-refractivity contribution in [1.29, 1.82) is 0 Å². The summed E-state index contributed by atoms with van der Waals surface area (Å²) in [7, 11) is 4.86. The lowest BCUT2D eigenvalue weighted by Gasteiger charge is -2.09. The van der Waals surface area contributed by atoms with E-state index in [0.717, 1.165) is 0 Å². The summed E-state index contributed by atoms with van der Waals surface area (Å²) in [6, 6.07) is 4.19. The maximum atomic E-state index is 13.4. The molecule has 3 rings (SSSR count). The normalized spacial score (nSPS) is 11.2. The first kappa shape index (κ1) is 13.3. The van der Waals surface area contributed by atoms with E-state index in [4.69, 9.17) is 0 Å². The van der Waals surface area contributed by atoms with Gasteiger partial charge in [-0.15, -0.1) is 0 Å². The number of halogens is 1. The number of aryl methyl sites for hydroxylation is 1.